The van der Waals surface area contributed by atoms with E-state index in [1.807, 2.05) is 6.56 Å². The Morgan fingerprint density at radius 2 is 1.00 bits per heavy atom. The Labute approximate surface area is 120 Å². The molecule has 0 unspecified atom stereocenters. The summed E-state index contributed by atoms with van der Waals surface area (Å²) in [6.45, 7) is 13.9. The van der Waals surface area contributed by atoms with Gasteiger partial charge in [-0.1, -0.05) is 0 Å². The van der Waals surface area contributed by atoms with Gasteiger partial charge in [0.15, 0.2) is 0 Å². The van der Waals surface area contributed by atoms with Crippen LogP contribution in [0.25, 0.3) is 0 Å². The van der Waals surface area contributed by atoms with E-state index in [0.29, 0.717) is 0 Å². The molecule has 0 nitrogen and oxygen atoms in total. The summed E-state index contributed by atoms with van der Waals surface area (Å²) in [5, 5.41) is 0. The second kappa shape index (κ2) is 4.84. The molecule has 0 amide bonds. The van der Waals surface area contributed by atoms with Gasteiger partial charge in [-0.2, -0.15) is 0 Å². The Bertz CT molecular complexity index is 459. The van der Waals surface area contributed by atoms with Crippen molar-refractivity contribution >= 4 is 0 Å². The maximum atomic E-state index is 2.33. The Hall–Kier alpha value is -0.157. The maximum absolute atomic E-state index is 2.33. The summed E-state index contributed by atoms with van der Waals surface area (Å²) >= 11 is -0.491. The molecule has 2 rings (SSSR count). The summed E-state index contributed by atoms with van der Waals surface area (Å²) < 4.78 is 3.64. The maximum Gasteiger partial charge on any atom is -1.00 e. The van der Waals surface area contributed by atoms with Crippen molar-refractivity contribution in [1.82, 2.24) is 0 Å². The van der Waals surface area contributed by atoms with Crippen molar-refractivity contribution in [2.75, 3.05) is 0 Å². The van der Waals surface area contributed by atoms with E-state index in [2.05, 4.69) is 41.5 Å². The first-order chi connectivity index (χ1) is 7.91. The summed E-state index contributed by atoms with van der Waals surface area (Å²) in [6.07, 6.45) is 2.55. The third kappa shape index (κ3) is 2.36. The predicted molar refractivity (Wildman–Crippen MR) is 73.6 cm³/mol. The summed E-state index contributed by atoms with van der Waals surface area (Å²) in [5.41, 5.74) is 9.59. The van der Waals surface area contributed by atoms with Crippen molar-refractivity contribution in [1.29, 1.82) is 0 Å². The van der Waals surface area contributed by atoms with Crippen molar-refractivity contribution in [3.63, 3.8) is 0 Å². The van der Waals surface area contributed by atoms with Crippen LogP contribution in [-0.4, -0.2) is 0 Å². The molecular weight excluding hydrogens is 283 g/mol. The van der Waals surface area contributed by atoms with Gasteiger partial charge in [0.05, 0.1) is 0 Å². The smallest absolute Gasteiger partial charge is 1.00 e. The summed E-state index contributed by atoms with van der Waals surface area (Å²) in [5.74, 6) is 0. The zero-order valence-corrected chi connectivity index (χ0v) is 14.4. The van der Waals surface area contributed by atoms with Crippen LogP contribution in [-0.2, 0) is 23.2 Å². The average Bonchev–Trinajstić information content (AvgIpc) is 2.66. The molecule has 0 aromatic carbocycles. The molecular formula is C16H24Zr. The normalized spacial score (nSPS) is 21.1. The van der Waals surface area contributed by atoms with Gasteiger partial charge in [-0.05, 0) is 0 Å². The SMILES string of the molecule is CC1=C(C)C(C)=[C]([Zr+2][C]2=C(C)C(C)=C(C)C2)C1.[H-].[H-]. The molecule has 0 aliphatic heterocycles. The fourth-order valence-corrected chi connectivity index (χ4v) is 7.09. The van der Waals surface area contributed by atoms with Crippen molar-refractivity contribution < 1.29 is 26.1 Å². The predicted octanol–water partition coefficient (Wildman–Crippen LogP) is 5.32. The summed E-state index contributed by atoms with van der Waals surface area (Å²) in [7, 11) is 0. The standard InChI is InChI=1S/2C8H11.Zr.2H/c2*1-6-4-5-7(2)8(6)3;;;/h2*4H2,1-3H3;;;/q;;+2;2*-1. The van der Waals surface area contributed by atoms with Crippen LogP contribution in [0.3, 0.4) is 0 Å². The zero-order chi connectivity index (χ0) is 12.7. The molecule has 0 saturated carbocycles. The summed E-state index contributed by atoms with van der Waals surface area (Å²) in [6, 6.07) is 0. The minimum atomic E-state index is -0.491. The number of allylic oxidation sites excluding steroid dienone is 8. The van der Waals surface area contributed by atoms with Gasteiger partial charge in [0.25, 0.3) is 0 Å². The van der Waals surface area contributed by atoms with E-state index in [1.54, 1.807) is 33.4 Å². The third-order valence-electron chi connectivity index (χ3n) is 4.50. The van der Waals surface area contributed by atoms with Crippen molar-refractivity contribution in [3.8, 4) is 0 Å². The second-order valence-electron chi connectivity index (χ2n) is 5.50. The van der Waals surface area contributed by atoms with Crippen LogP contribution in [0.4, 0.5) is 0 Å². The van der Waals surface area contributed by atoms with Gasteiger partial charge >= 0.3 is 118 Å². The molecule has 0 fully saturated rings. The first-order valence-corrected chi connectivity index (χ1v) is 8.87. The Morgan fingerprint density at radius 1 is 0.647 bits per heavy atom. The van der Waals surface area contributed by atoms with Gasteiger partial charge in [-0.25, -0.2) is 0 Å². The molecule has 1 heteroatoms. The van der Waals surface area contributed by atoms with Crippen LogP contribution in [0.2, 0.25) is 0 Å². The minimum Gasteiger partial charge on any atom is -1.00 e. The van der Waals surface area contributed by atoms with Crippen LogP contribution in [0.15, 0.2) is 40.0 Å². The van der Waals surface area contributed by atoms with Crippen molar-refractivity contribution in [2.45, 2.75) is 54.4 Å². The van der Waals surface area contributed by atoms with Crippen LogP contribution in [0, 0.1) is 0 Å². The third-order valence-corrected chi connectivity index (χ3v) is 8.69. The molecule has 0 radical (unpaired) electrons. The molecule has 0 aromatic heterocycles. The van der Waals surface area contributed by atoms with E-state index in [0.717, 1.165) is 0 Å². The molecule has 0 N–H and O–H groups in total. The Balaban J connectivity index is 0.00000162. The molecule has 2 aliphatic rings. The van der Waals surface area contributed by atoms with Crippen LogP contribution >= 0.6 is 0 Å². The second-order valence-corrected chi connectivity index (χ2v) is 9.08. The average molecular weight is 308 g/mol. The van der Waals surface area contributed by atoms with Gasteiger partial charge < -0.3 is 2.85 Å². The largest absolute Gasteiger partial charge is 1.00 e. The van der Waals surface area contributed by atoms with E-state index in [9.17, 15) is 0 Å². The number of rotatable bonds is 2. The van der Waals surface area contributed by atoms with E-state index >= 15 is 0 Å². The fourth-order valence-electron chi connectivity index (χ4n) is 2.61. The molecule has 0 saturated heterocycles. The monoisotopic (exact) mass is 306 g/mol. The molecule has 0 atom stereocenters. The Morgan fingerprint density at radius 3 is 1.24 bits per heavy atom. The van der Waals surface area contributed by atoms with Gasteiger partial charge in [-0.3, -0.25) is 0 Å². The molecule has 92 valence electrons. The van der Waals surface area contributed by atoms with Gasteiger partial charge in [0.2, 0.25) is 0 Å². The molecule has 17 heavy (non-hydrogen) atoms. The molecule has 0 bridgehead atoms. The number of hydrogen-bond acceptors (Lipinski definition) is 0. The van der Waals surface area contributed by atoms with Crippen molar-refractivity contribution in [3.05, 3.63) is 40.0 Å². The van der Waals surface area contributed by atoms with Crippen LogP contribution < -0.4 is 0 Å². The summed E-state index contributed by atoms with van der Waals surface area (Å²) in [4.78, 5) is 0. The Kier molecular flexibility index (Phi) is 3.78. The number of hydrogen-bond donors (Lipinski definition) is 0. The van der Waals surface area contributed by atoms with Crippen LogP contribution in [0.5, 0.6) is 0 Å². The quantitative estimate of drug-likeness (QED) is 0.647. The molecule has 0 spiro atoms. The fraction of sp³-hybridized carbons (Fsp3) is 0.500. The van der Waals surface area contributed by atoms with Gasteiger partial charge in [0.1, 0.15) is 0 Å². The van der Waals surface area contributed by atoms with Crippen molar-refractivity contribution in [2.24, 2.45) is 0 Å². The van der Waals surface area contributed by atoms with E-state index in [-0.39, 0.29) is 2.85 Å². The van der Waals surface area contributed by atoms with Crippen LogP contribution in [0.1, 0.15) is 57.2 Å². The van der Waals surface area contributed by atoms with Gasteiger partial charge in [0, 0.05) is 0 Å². The van der Waals surface area contributed by atoms with E-state index < -0.39 is 23.2 Å². The first kappa shape index (κ1) is 13.3. The van der Waals surface area contributed by atoms with E-state index in [4.69, 9.17) is 0 Å². The van der Waals surface area contributed by atoms with Gasteiger partial charge in [-0.15, -0.1) is 0 Å². The van der Waals surface area contributed by atoms with E-state index in [1.165, 1.54) is 12.8 Å². The molecule has 2 aliphatic carbocycles. The molecule has 0 heterocycles. The topological polar surface area (TPSA) is 0 Å². The first-order valence-electron chi connectivity index (χ1n) is 6.41. The molecule has 0 aromatic rings. The zero-order valence-electron chi connectivity index (χ0n) is 13.9. The minimum absolute atomic E-state index is 0.